The van der Waals surface area contributed by atoms with Crippen LogP contribution in [0.5, 0.6) is 11.5 Å². The van der Waals surface area contributed by atoms with Gasteiger partial charge in [0.2, 0.25) is 6.79 Å². The van der Waals surface area contributed by atoms with E-state index in [9.17, 15) is 4.79 Å². The Labute approximate surface area is 162 Å². The van der Waals surface area contributed by atoms with Gasteiger partial charge < -0.3 is 9.47 Å². The van der Waals surface area contributed by atoms with Gasteiger partial charge in [-0.05, 0) is 79.6 Å². The molecule has 2 aliphatic heterocycles. The van der Waals surface area contributed by atoms with Crippen molar-refractivity contribution in [2.24, 2.45) is 4.99 Å². The van der Waals surface area contributed by atoms with Crippen LogP contribution in [-0.4, -0.2) is 29.3 Å². The van der Waals surface area contributed by atoms with Crippen LogP contribution >= 0.6 is 11.8 Å². The number of hydrogen-bond acceptors (Lipinski definition) is 5. The molecule has 0 saturated carbocycles. The molecule has 2 heterocycles. The van der Waals surface area contributed by atoms with Gasteiger partial charge in [0.05, 0.1) is 10.6 Å². The van der Waals surface area contributed by atoms with Crippen molar-refractivity contribution in [2.75, 3.05) is 13.3 Å². The van der Waals surface area contributed by atoms with Gasteiger partial charge in [0.25, 0.3) is 5.91 Å². The molecule has 2 aromatic rings. The second kappa shape index (κ2) is 7.12. The quantitative estimate of drug-likeness (QED) is 0.727. The number of carbonyl (C=O) groups excluding carboxylic acids is 1. The number of nitrogens with zero attached hydrogens (tertiary/aromatic N) is 2. The first kappa shape index (κ1) is 17.7. The fourth-order valence-corrected chi connectivity index (χ4v) is 3.99. The second-order valence-electron chi connectivity index (χ2n) is 6.44. The van der Waals surface area contributed by atoms with Crippen LogP contribution in [0.1, 0.15) is 23.6 Å². The Morgan fingerprint density at radius 1 is 1.11 bits per heavy atom. The highest BCUT2D eigenvalue weighted by molar-refractivity contribution is 8.18. The van der Waals surface area contributed by atoms with E-state index in [1.165, 1.54) is 22.9 Å². The number of fused-ring (bicyclic) bond motifs is 1. The summed E-state index contributed by atoms with van der Waals surface area (Å²) in [6.45, 7) is 6.91. The van der Waals surface area contributed by atoms with Gasteiger partial charge in [0, 0.05) is 6.54 Å². The zero-order chi connectivity index (χ0) is 19.0. The van der Waals surface area contributed by atoms with Crippen molar-refractivity contribution in [3.8, 4) is 11.5 Å². The Morgan fingerprint density at radius 2 is 1.93 bits per heavy atom. The van der Waals surface area contributed by atoms with Gasteiger partial charge in [0.15, 0.2) is 16.7 Å². The molecule has 1 fully saturated rings. The minimum atomic E-state index is -0.0252. The maximum atomic E-state index is 12.8. The van der Waals surface area contributed by atoms with E-state index in [2.05, 4.69) is 19.9 Å². The molecular formula is C21H20N2O3S. The van der Waals surface area contributed by atoms with Crippen molar-refractivity contribution in [3.63, 3.8) is 0 Å². The Hall–Kier alpha value is -2.73. The molecule has 6 heteroatoms. The number of rotatable bonds is 3. The molecule has 0 radical (unpaired) electrons. The monoisotopic (exact) mass is 380 g/mol. The topological polar surface area (TPSA) is 51.1 Å². The summed E-state index contributed by atoms with van der Waals surface area (Å²) in [7, 11) is 0. The molecule has 0 N–H and O–H groups in total. The number of amidine groups is 1. The number of aryl methyl sites for hydroxylation is 2. The van der Waals surface area contributed by atoms with Crippen molar-refractivity contribution >= 4 is 34.6 Å². The van der Waals surface area contributed by atoms with Crippen molar-refractivity contribution in [1.29, 1.82) is 0 Å². The van der Waals surface area contributed by atoms with Gasteiger partial charge in [-0.3, -0.25) is 9.69 Å². The molecule has 2 aliphatic rings. The maximum Gasteiger partial charge on any atom is 0.266 e. The number of carbonyl (C=O) groups is 1. The van der Waals surface area contributed by atoms with Crippen molar-refractivity contribution in [3.05, 3.63) is 58.0 Å². The molecule has 4 rings (SSSR count). The summed E-state index contributed by atoms with van der Waals surface area (Å²) in [5.74, 6) is 1.41. The van der Waals surface area contributed by atoms with Crippen LogP contribution in [0.3, 0.4) is 0 Å². The van der Waals surface area contributed by atoms with Gasteiger partial charge in [0.1, 0.15) is 0 Å². The van der Waals surface area contributed by atoms with Crippen LogP contribution in [0, 0.1) is 13.8 Å². The summed E-state index contributed by atoms with van der Waals surface area (Å²) in [4.78, 5) is 19.9. The number of benzene rings is 2. The van der Waals surface area contributed by atoms with E-state index in [0.717, 1.165) is 17.0 Å². The maximum absolute atomic E-state index is 12.8. The van der Waals surface area contributed by atoms with Gasteiger partial charge >= 0.3 is 0 Å². The molecular weight excluding hydrogens is 360 g/mol. The van der Waals surface area contributed by atoms with Crippen LogP contribution in [0.4, 0.5) is 5.69 Å². The van der Waals surface area contributed by atoms with Crippen LogP contribution in [-0.2, 0) is 4.79 Å². The molecule has 1 saturated heterocycles. The highest BCUT2D eigenvalue weighted by Gasteiger charge is 2.32. The summed E-state index contributed by atoms with van der Waals surface area (Å²) in [5.41, 5.74) is 4.17. The fourth-order valence-electron chi connectivity index (χ4n) is 2.93. The van der Waals surface area contributed by atoms with E-state index in [0.29, 0.717) is 22.4 Å². The number of aliphatic imine (C=N–C) groups is 1. The molecule has 0 bridgehead atoms. The van der Waals surface area contributed by atoms with Gasteiger partial charge in [-0.25, -0.2) is 4.99 Å². The second-order valence-corrected chi connectivity index (χ2v) is 7.44. The van der Waals surface area contributed by atoms with E-state index >= 15 is 0 Å². The molecule has 0 aromatic heterocycles. The average Bonchev–Trinajstić information content (AvgIpc) is 3.22. The molecule has 138 valence electrons. The Kier molecular flexibility index (Phi) is 4.66. The number of amides is 1. The van der Waals surface area contributed by atoms with E-state index < -0.39 is 0 Å². The van der Waals surface area contributed by atoms with Crippen molar-refractivity contribution < 1.29 is 14.3 Å². The smallest absolute Gasteiger partial charge is 0.266 e. The standard InChI is InChI=1S/C21H20N2O3S/c1-4-23-20(24)19(11-15-6-8-17-18(10-15)26-12-25-17)27-21(23)22-16-7-5-13(2)14(3)9-16/h5-11H,4,12H2,1-3H3. The molecule has 5 nitrogen and oxygen atoms in total. The first-order chi connectivity index (χ1) is 13.0. The third-order valence-corrected chi connectivity index (χ3v) is 5.62. The number of likely N-dealkylation sites (N-methyl/N-ethyl adjacent to an activating group) is 1. The van der Waals surface area contributed by atoms with E-state index in [1.807, 2.05) is 43.3 Å². The fraction of sp³-hybridized carbons (Fsp3) is 0.238. The van der Waals surface area contributed by atoms with E-state index in [1.54, 1.807) is 4.90 Å². The van der Waals surface area contributed by atoms with Crippen LogP contribution < -0.4 is 9.47 Å². The zero-order valence-electron chi connectivity index (χ0n) is 15.5. The summed E-state index contributed by atoms with van der Waals surface area (Å²) in [6.07, 6.45) is 1.88. The normalized spacial score (nSPS) is 18.8. The minimum Gasteiger partial charge on any atom is -0.454 e. The van der Waals surface area contributed by atoms with Crippen molar-refractivity contribution in [1.82, 2.24) is 4.90 Å². The van der Waals surface area contributed by atoms with E-state index in [-0.39, 0.29) is 12.7 Å². The van der Waals surface area contributed by atoms with Crippen molar-refractivity contribution in [2.45, 2.75) is 20.8 Å². The largest absolute Gasteiger partial charge is 0.454 e. The lowest BCUT2D eigenvalue weighted by Crippen LogP contribution is -2.28. The molecule has 27 heavy (non-hydrogen) atoms. The van der Waals surface area contributed by atoms with Gasteiger partial charge in [-0.2, -0.15) is 0 Å². The Morgan fingerprint density at radius 3 is 2.70 bits per heavy atom. The Balaban J connectivity index is 1.65. The number of hydrogen-bond donors (Lipinski definition) is 0. The third kappa shape index (κ3) is 3.45. The summed E-state index contributed by atoms with van der Waals surface area (Å²) in [6, 6.07) is 11.7. The summed E-state index contributed by atoms with van der Waals surface area (Å²) in [5, 5.41) is 0.706. The SMILES string of the molecule is CCN1C(=O)C(=Cc2ccc3c(c2)OCO3)SC1=Nc1ccc(C)c(C)c1. The molecule has 0 spiro atoms. The predicted octanol–water partition coefficient (Wildman–Crippen LogP) is 4.66. The lowest BCUT2D eigenvalue weighted by molar-refractivity contribution is -0.122. The first-order valence-electron chi connectivity index (χ1n) is 8.82. The highest BCUT2D eigenvalue weighted by atomic mass is 32.2. The highest BCUT2D eigenvalue weighted by Crippen LogP contribution is 2.37. The van der Waals surface area contributed by atoms with Gasteiger partial charge in [-0.15, -0.1) is 0 Å². The summed E-state index contributed by atoms with van der Waals surface area (Å²) >= 11 is 1.40. The number of thioether (sulfide) groups is 1. The number of ether oxygens (including phenoxy) is 2. The molecule has 0 atom stereocenters. The lowest BCUT2D eigenvalue weighted by atomic mass is 10.1. The minimum absolute atomic E-state index is 0.0252. The summed E-state index contributed by atoms with van der Waals surface area (Å²) < 4.78 is 10.8. The van der Waals surface area contributed by atoms with Crippen LogP contribution in [0.2, 0.25) is 0 Å². The molecule has 0 aliphatic carbocycles. The molecule has 1 amide bonds. The molecule has 0 unspecified atom stereocenters. The van der Waals surface area contributed by atoms with Crippen LogP contribution in [0.25, 0.3) is 6.08 Å². The average molecular weight is 380 g/mol. The Bertz CT molecular complexity index is 981. The predicted molar refractivity (Wildman–Crippen MR) is 109 cm³/mol. The zero-order valence-corrected chi connectivity index (χ0v) is 16.3. The van der Waals surface area contributed by atoms with Crippen LogP contribution in [0.15, 0.2) is 46.3 Å². The van der Waals surface area contributed by atoms with Gasteiger partial charge in [-0.1, -0.05) is 12.1 Å². The first-order valence-corrected chi connectivity index (χ1v) is 9.64. The molecule has 2 aromatic carbocycles. The third-order valence-electron chi connectivity index (χ3n) is 4.61. The lowest BCUT2D eigenvalue weighted by Gasteiger charge is -2.12. The van der Waals surface area contributed by atoms with E-state index in [4.69, 9.17) is 14.5 Å².